The maximum absolute atomic E-state index is 10.9. The van der Waals surface area contributed by atoms with Crippen LogP contribution in [0.1, 0.15) is 45.4 Å². The highest BCUT2D eigenvalue weighted by molar-refractivity contribution is 5.01. The summed E-state index contributed by atoms with van der Waals surface area (Å²) in [7, 11) is 0. The molecule has 0 spiro atoms. The van der Waals surface area contributed by atoms with Gasteiger partial charge in [0.1, 0.15) is 0 Å². The van der Waals surface area contributed by atoms with E-state index in [1.54, 1.807) is 0 Å². The van der Waals surface area contributed by atoms with Gasteiger partial charge in [-0.15, -0.1) is 0 Å². The topological polar surface area (TPSA) is 38.7 Å². The molecule has 3 rings (SSSR count). The molecule has 104 valence electrons. The van der Waals surface area contributed by atoms with Gasteiger partial charge in [-0.2, -0.15) is 0 Å². The van der Waals surface area contributed by atoms with Crippen LogP contribution >= 0.6 is 0 Å². The van der Waals surface area contributed by atoms with Crippen LogP contribution in [0, 0.1) is 17.8 Å². The van der Waals surface area contributed by atoms with Gasteiger partial charge < -0.3 is 14.6 Å². The van der Waals surface area contributed by atoms with Crippen molar-refractivity contribution in [2.24, 2.45) is 17.8 Å². The molecule has 3 nitrogen and oxygen atoms in total. The van der Waals surface area contributed by atoms with E-state index in [0.717, 1.165) is 37.9 Å². The Labute approximate surface area is 110 Å². The van der Waals surface area contributed by atoms with Crippen LogP contribution in [0.2, 0.25) is 0 Å². The predicted molar refractivity (Wildman–Crippen MR) is 69.4 cm³/mol. The molecule has 1 N–H and O–H groups in total. The Morgan fingerprint density at radius 3 is 2.61 bits per heavy atom. The standard InChI is InChI=1S/C15H26O3/c1-2-18-15(5-7-17-8-6-15)14(16)13-10-11-3-4-12(13)9-11/h11-14,16H,2-10H2,1H3. The summed E-state index contributed by atoms with van der Waals surface area (Å²) >= 11 is 0. The summed E-state index contributed by atoms with van der Waals surface area (Å²) in [5.41, 5.74) is -0.317. The van der Waals surface area contributed by atoms with Crippen LogP contribution in [0.25, 0.3) is 0 Å². The van der Waals surface area contributed by atoms with Crippen molar-refractivity contribution in [2.75, 3.05) is 19.8 Å². The van der Waals surface area contributed by atoms with E-state index in [4.69, 9.17) is 9.47 Å². The average Bonchev–Trinajstić information content (AvgIpc) is 3.01. The molecule has 1 aliphatic heterocycles. The Kier molecular flexibility index (Phi) is 3.65. The van der Waals surface area contributed by atoms with Crippen molar-refractivity contribution in [2.45, 2.75) is 57.2 Å². The highest BCUT2D eigenvalue weighted by Crippen LogP contribution is 2.52. The molecule has 1 saturated heterocycles. The molecular weight excluding hydrogens is 228 g/mol. The molecule has 0 radical (unpaired) electrons. The number of fused-ring (bicyclic) bond motifs is 2. The second-order valence-corrected chi connectivity index (χ2v) is 6.39. The lowest BCUT2D eigenvalue weighted by Crippen LogP contribution is -2.53. The molecule has 2 aliphatic carbocycles. The van der Waals surface area contributed by atoms with E-state index in [1.165, 1.54) is 25.7 Å². The average molecular weight is 254 g/mol. The number of ether oxygens (including phenoxy) is 2. The lowest BCUT2D eigenvalue weighted by atomic mass is 9.74. The van der Waals surface area contributed by atoms with Crippen molar-refractivity contribution in [3.63, 3.8) is 0 Å². The lowest BCUT2D eigenvalue weighted by molar-refractivity contribution is -0.184. The van der Waals surface area contributed by atoms with Crippen LogP contribution in [0.5, 0.6) is 0 Å². The molecule has 0 aromatic carbocycles. The molecule has 2 bridgehead atoms. The molecule has 0 amide bonds. The van der Waals surface area contributed by atoms with Gasteiger partial charge in [-0.3, -0.25) is 0 Å². The third kappa shape index (κ3) is 2.10. The summed E-state index contributed by atoms with van der Waals surface area (Å²) in [6, 6.07) is 0. The highest BCUT2D eigenvalue weighted by Gasteiger charge is 2.51. The van der Waals surface area contributed by atoms with Gasteiger partial charge in [-0.1, -0.05) is 6.42 Å². The minimum absolute atomic E-state index is 0.281. The molecule has 1 heterocycles. The number of hydrogen-bond donors (Lipinski definition) is 1. The van der Waals surface area contributed by atoms with E-state index in [-0.39, 0.29) is 11.7 Å². The molecule has 2 saturated carbocycles. The fourth-order valence-electron chi connectivity index (χ4n) is 4.60. The third-order valence-electron chi connectivity index (χ3n) is 5.51. The number of hydrogen-bond acceptors (Lipinski definition) is 3. The second-order valence-electron chi connectivity index (χ2n) is 6.39. The molecule has 3 fully saturated rings. The number of aliphatic hydroxyl groups is 1. The van der Waals surface area contributed by atoms with Crippen LogP contribution in [0.3, 0.4) is 0 Å². The first-order chi connectivity index (χ1) is 8.75. The van der Waals surface area contributed by atoms with E-state index in [9.17, 15) is 5.11 Å². The van der Waals surface area contributed by atoms with Crippen LogP contribution in [0.15, 0.2) is 0 Å². The quantitative estimate of drug-likeness (QED) is 0.837. The molecule has 0 aromatic rings. The molecule has 18 heavy (non-hydrogen) atoms. The third-order valence-corrected chi connectivity index (χ3v) is 5.51. The van der Waals surface area contributed by atoms with Crippen molar-refractivity contribution in [3.05, 3.63) is 0 Å². The summed E-state index contributed by atoms with van der Waals surface area (Å²) in [6.07, 6.45) is 6.72. The van der Waals surface area contributed by atoms with E-state index in [0.29, 0.717) is 12.5 Å². The summed E-state index contributed by atoms with van der Waals surface area (Å²) in [4.78, 5) is 0. The van der Waals surface area contributed by atoms with Gasteiger partial charge >= 0.3 is 0 Å². The Morgan fingerprint density at radius 1 is 1.28 bits per heavy atom. The number of rotatable bonds is 4. The molecule has 0 aromatic heterocycles. The van der Waals surface area contributed by atoms with E-state index in [1.807, 2.05) is 6.92 Å². The minimum Gasteiger partial charge on any atom is -0.390 e. The zero-order valence-electron chi connectivity index (χ0n) is 11.4. The molecule has 4 atom stereocenters. The van der Waals surface area contributed by atoms with Crippen molar-refractivity contribution in [1.82, 2.24) is 0 Å². The lowest BCUT2D eigenvalue weighted by Gasteiger charge is -2.44. The maximum Gasteiger partial charge on any atom is 0.0986 e. The summed E-state index contributed by atoms with van der Waals surface area (Å²) in [5.74, 6) is 2.12. The van der Waals surface area contributed by atoms with E-state index >= 15 is 0 Å². The van der Waals surface area contributed by atoms with Crippen LogP contribution in [-0.4, -0.2) is 36.6 Å². The Hall–Kier alpha value is -0.120. The SMILES string of the molecule is CCOC1(C(O)C2CC3CCC2C3)CCOCC1. The summed E-state index contributed by atoms with van der Waals surface area (Å²) in [5, 5.41) is 10.9. The van der Waals surface area contributed by atoms with E-state index in [2.05, 4.69) is 0 Å². The number of aliphatic hydroxyl groups excluding tert-OH is 1. The smallest absolute Gasteiger partial charge is 0.0986 e. The highest BCUT2D eigenvalue weighted by atomic mass is 16.5. The molecule has 3 aliphatic rings. The molecule has 4 unspecified atom stereocenters. The fourth-order valence-corrected chi connectivity index (χ4v) is 4.60. The van der Waals surface area contributed by atoms with Crippen LogP contribution in [-0.2, 0) is 9.47 Å². The molecular formula is C15H26O3. The first kappa shape index (κ1) is 12.9. The van der Waals surface area contributed by atoms with Crippen LogP contribution < -0.4 is 0 Å². The zero-order chi connectivity index (χ0) is 12.6. The fraction of sp³-hybridized carbons (Fsp3) is 1.00. The molecule has 3 heteroatoms. The van der Waals surface area contributed by atoms with Gasteiger partial charge in [-0.05, 0) is 43.9 Å². The van der Waals surface area contributed by atoms with Gasteiger partial charge in [-0.25, -0.2) is 0 Å². The van der Waals surface area contributed by atoms with Gasteiger partial charge in [0, 0.05) is 32.7 Å². The second kappa shape index (κ2) is 5.10. The zero-order valence-corrected chi connectivity index (χ0v) is 11.4. The minimum atomic E-state index is -0.317. The van der Waals surface area contributed by atoms with Crippen molar-refractivity contribution >= 4 is 0 Å². The van der Waals surface area contributed by atoms with Crippen molar-refractivity contribution < 1.29 is 14.6 Å². The van der Waals surface area contributed by atoms with Gasteiger partial charge in [0.05, 0.1) is 11.7 Å². The largest absolute Gasteiger partial charge is 0.390 e. The normalized spacial score (nSPS) is 40.0. The summed E-state index contributed by atoms with van der Waals surface area (Å²) < 4.78 is 11.5. The Bertz CT molecular complexity index is 280. The predicted octanol–water partition coefficient (Wildman–Crippen LogP) is 2.37. The summed E-state index contributed by atoms with van der Waals surface area (Å²) in [6.45, 7) is 4.19. The maximum atomic E-state index is 10.9. The first-order valence-corrected chi connectivity index (χ1v) is 7.65. The van der Waals surface area contributed by atoms with Gasteiger partial charge in [0.25, 0.3) is 0 Å². The van der Waals surface area contributed by atoms with Crippen LogP contribution in [0.4, 0.5) is 0 Å². The Morgan fingerprint density at radius 2 is 2.06 bits per heavy atom. The first-order valence-electron chi connectivity index (χ1n) is 7.65. The monoisotopic (exact) mass is 254 g/mol. The van der Waals surface area contributed by atoms with Crippen molar-refractivity contribution in [3.8, 4) is 0 Å². The van der Waals surface area contributed by atoms with Crippen molar-refractivity contribution in [1.29, 1.82) is 0 Å². The van der Waals surface area contributed by atoms with Gasteiger partial charge in [0.15, 0.2) is 0 Å². The van der Waals surface area contributed by atoms with E-state index < -0.39 is 0 Å². The van der Waals surface area contributed by atoms with Gasteiger partial charge in [0.2, 0.25) is 0 Å². The Balaban J connectivity index is 1.73.